The Morgan fingerprint density at radius 1 is 1.56 bits per heavy atom. The first-order valence-corrected chi connectivity index (χ1v) is 6.03. The van der Waals surface area contributed by atoms with Gasteiger partial charge in [0.15, 0.2) is 0 Å². The van der Waals surface area contributed by atoms with E-state index in [-0.39, 0.29) is 0 Å². The molecule has 1 fully saturated rings. The largest absolute Gasteiger partial charge is 0.377 e. The number of aromatic nitrogens is 1. The van der Waals surface area contributed by atoms with Crippen LogP contribution in [0.5, 0.6) is 0 Å². The van der Waals surface area contributed by atoms with E-state index < -0.39 is 0 Å². The Morgan fingerprint density at radius 3 is 3.19 bits per heavy atom. The fourth-order valence-electron chi connectivity index (χ4n) is 2.24. The van der Waals surface area contributed by atoms with Gasteiger partial charge in [-0.3, -0.25) is 4.98 Å². The van der Waals surface area contributed by atoms with Crippen LogP contribution < -0.4 is 0 Å². The van der Waals surface area contributed by atoms with Gasteiger partial charge in [0.2, 0.25) is 0 Å². The Morgan fingerprint density at radius 2 is 2.50 bits per heavy atom. The van der Waals surface area contributed by atoms with Gasteiger partial charge in [0.1, 0.15) is 0 Å². The van der Waals surface area contributed by atoms with E-state index in [4.69, 9.17) is 4.74 Å². The number of pyridine rings is 1. The summed E-state index contributed by atoms with van der Waals surface area (Å²) in [6, 6.07) is 4.73. The standard InChI is InChI=1S/C13H20N2O/c1-15-8-3-5-13(15)6-9-16-11-12-4-2-7-14-10-12/h2,4,7,10,13H,3,5-6,8-9,11H2,1H3. The first-order valence-electron chi connectivity index (χ1n) is 6.03. The van der Waals surface area contributed by atoms with Crippen molar-refractivity contribution in [3.8, 4) is 0 Å². The molecule has 3 nitrogen and oxygen atoms in total. The average molecular weight is 220 g/mol. The third-order valence-corrected chi connectivity index (χ3v) is 3.26. The molecule has 1 aromatic heterocycles. The Hall–Kier alpha value is -0.930. The van der Waals surface area contributed by atoms with E-state index in [0.717, 1.165) is 24.6 Å². The van der Waals surface area contributed by atoms with E-state index in [1.807, 2.05) is 12.3 Å². The van der Waals surface area contributed by atoms with Crippen LogP contribution in [0.2, 0.25) is 0 Å². The quantitative estimate of drug-likeness (QED) is 0.710. The van der Waals surface area contributed by atoms with Crippen molar-refractivity contribution in [1.82, 2.24) is 9.88 Å². The van der Waals surface area contributed by atoms with Crippen LogP contribution >= 0.6 is 0 Å². The zero-order chi connectivity index (χ0) is 11.2. The van der Waals surface area contributed by atoms with Gasteiger partial charge in [-0.2, -0.15) is 0 Å². The van der Waals surface area contributed by atoms with Gasteiger partial charge in [0.05, 0.1) is 6.61 Å². The Labute approximate surface area is 97.4 Å². The number of rotatable bonds is 5. The smallest absolute Gasteiger partial charge is 0.0731 e. The summed E-state index contributed by atoms with van der Waals surface area (Å²) < 4.78 is 5.66. The van der Waals surface area contributed by atoms with Crippen molar-refractivity contribution in [3.05, 3.63) is 30.1 Å². The second kappa shape index (κ2) is 5.97. The van der Waals surface area contributed by atoms with E-state index in [1.165, 1.54) is 19.4 Å². The van der Waals surface area contributed by atoms with Crippen LogP contribution in [-0.4, -0.2) is 36.1 Å². The molecule has 0 radical (unpaired) electrons. The molecule has 1 unspecified atom stereocenters. The molecule has 1 aromatic rings. The van der Waals surface area contributed by atoms with E-state index in [2.05, 4.69) is 23.0 Å². The minimum atomic E-state index is 0.685. The summed E-state index contributed by atoms with van der Waals surface area (Å²) in [5.74, 6) is 0. The maximum Gasteiger partial charge on any atom is 0.0731 e. The van der Waals surface area contributed by atoms with E-state index in [1.54, 1.807) is 6.20 Å². The lowest BCUT2D eigenvalue weighted by molar-refractivity contribution is 0.101. The van der Waals surface area contributed by atoms with Crippen LogP contribution in [0.3, 0.4) is 0 Å². The molecule has 1 saturated heterocycles. The summed E-state index contributed by atoms with van der Waals surface area (Å²) in [7, 11) is 2.21. The van der Waals surface area contributed by atoms with Crippen molar-refractivity contribution in [2.24, 2.45) is 0 Å². The van der Waals surface area contributed by atoms with Gasteiger partial charge in [0.25, 0.3) is 0 Å². The molecule has 2 rings (SSSR count). The lowest BCUT2D eigenvalue weighted by Crippen LogP contribution is -2.26. The molecule has 1 aliphatic rings. The minimum Gasteiger partial charge on any atom is -0.377 e. The van der Waals surface area contributed by atoms with E-state index in [9.17, 15) is 0 Å². The number of ether oxygens (including phenoxy) is 1. The molecule has 0 bridgehead atoms. The maximum absolute atomic E-state index is 5.66. The highest BCUT2D eigenvalue weighted by Gasteiger charge is 2.19. The lowest BCUT2D eigenvalue weighted by atomic mass is 10.1. The van der Waals surface area contributed by atoms with Crippen molar-refractivity contribution < 1.29 is 4.74 Å². The molecule has 0 spiro atoms. The van der Waals surface area contributed by atoms with Crippen molar-refractivity contribution >= 4 is 0 Å². The summed E-state index contributed by atoms with van der Waals surface area (Å²) in [5, 5.41) is 0. The van der Waals surface area contributed by atoms with Crippen LogP contribution in [0.1, 0.15) is 24.8 Å². The van der Waals surface area contributed by atoms with Gasteiger partial charge < -0.3 is 9.64 Å². The fraction of sp³-hybridized carbons (Fsp3) is 0.615. The Bertz CT molecular complexity index is 302. The van der Waals surface area contributed by atoms with Gasteiger partial charge in [-0.1, -0.05) is 6.07 Å². The molecule has 1 aliphatic heterocycles. The molecule has 0 N–H and O–H groups in total. The Balaban J connectivity index is 1.62. The number of hydrogen-bond acceptors (Lipinski definition) is 3. The van der Waals surface area contributed by atoms with E-state index in [0.29, 0.717) is 6.61 Å². The third kappa shape index (κ3) is 3.29. The fourth-order valence-corrected chi connectivity index (χ4v) is 2.24. The van der Waals surface area contributed by atoms with E-state index >= 15 is 0 Å². The molecule has 1 atom stereocenters. The van der Waals surface area contributed by atoms with Crippen LogP contribution in [0.4, 0.5) is 0 Å². The molecule has 3 heteroatoms. The second-order valence-electron chi connectivity index (χ2n) is 4.48. The first-order chi connectivity index (χ1) is 7.86. The lowest BCUT2D eigenvalue weighted by Gasteiger charge is -2.18. The maximum atomic E-state index is 5.66. The average Bonchev–Trinajstić information content (AvgIpc) is 2.72. The molecular formula is C13H20N2O. The van der Waals surface area contributed by atoms with Gasteiger partial charge in [-0.25, -0.2) is 0 Å². The van der Waals surface area contributed by atoms with Crippen LogP contribution in [0.25, 0.3) is 0 Å². The highest BCUT2D eigenvalue weighted by atomic mass is 16.5. The SMILES string of the molecule is CN1CCCC1CCOCc1cccnc1. The molecule has 88 valence electrons. The van der Waals surface area contributed by atoms with Gasteiger partial charge in [-0.15, -0.1) is 0 Å². The number of nitrogens with zero attached hydrogens (tertiary/aromatic N) is 2. The highest BCUT2D eigenvalue weighted by Crippen LogP contribution is 2.17. The van der Waals surface area contributed by atoms with Crippen LogP contribution in [0, 0.1) is 0 Å². The minimum absolute atomic E-state index is 0.685. The topological polar surface area (TPSA) is 25.4 Å². The monoisotopic (exact) mass is 220 g/mol. The predicted molar refractivity (Wildman–Crippen MR) is 64.2 cm³/mol. The van der Waals surface area contributed by atoms with Gasteiger partial charge in [-0.05, 0) is 44.5 Å². The van der Waals surface area contributed by atoms with Crippen molar-refractivity contribution in [2.45, 2.75) is 31.9 Å². The van der Waals surface area contributed by atoms with Crippen molar-refractivity contribution in [2.75, 3.05) is 20.2 Å². The molecule has 0 saturated carbocycles. The second-order valence-corrected chi connectivity index (χ2v) is 4.48. The number of likely N-dealkylation sites (tertiary alicyclic amines) is 1. The molecule has 2 heterocycles. The molecule has 0 aromatic carbocycles. The zero-order valence-corrected chi connectivity index (χ0v) is 9.93. The summed E-state index contributed by atoms with van der Waals surface area (Å²) >= 11 is 0. The van der Waals surface area contributed by atoms with Crippen LogP contribution in [0.15, 0.2) is 24.5 Å². The summed E-state index contributed by atoms with van der Waals surface area (Å²) in [6.07, 6.45) is 7.46. The third-order valence-electron chi connectivity index (χ3n) is 3.26. The van der Waals surface area contributed by atoms with Crippen LogP contribution in [-0.2, 0) is 11.3 Å². The van der Waals surface area contributed by atoms with Gasteiger partial charge in [0, 0.05) is 25.0 Å². The molecule has 0 aliphatic carbocycles. The predicted octanol–water partition coefficient (Wildman–Crippen LogP) is 2.08. The van der Waals surface area contributed by atoms with Crippen molar-refractivity contribution in [1.29, 1.82) is 0 Å². The molecular weight excluding hydrogens is 200 g/mol. The number of hydrogen-bond donors (Lipinski definition) is 0. The first kappa shape index (κ1) is 11.6. The highest BCUT2D eigenvalue weighted by molar-refractivity contribution is 5.06. The normalized spacial score (nSPS) is 21.4. The molecule has 0 amide bonds. The van der Waals surface area contributed by atoms with Gasteiger partial charge >= 0.3 is 0 Å². The summed E-state index contributed by atoms with van der Waals surface area (Å²) in [6.45, 7) is 2.78. The summed E-state index contributed by atoms with van der Waals surface area (Å²) in [5.41, 5.74) is 1.15. The van der Waals surface area contributed by atoms with Crippen molar-refractivity contribution in [3.63, 3.8) is 0 Å². The molecule has 16 heavy (non-hydrogen) atoms. The Kier molecular flexibility index (Phi) is 4.31. The summed E-state index contributed by atoms with van der Waals surface area (Å²) in [4.78, 5) is 6.50. The zero-order valence-electron chi connectivity index (χ0n) is 9.93.